The van der Waals surface area contributed by atoms with Crippen LogP contribution in [0.3, 0.4) is 0 Å². The van der Waals surface area contributed by atoms with Crippen molar-refractivity contribution in [3.8, 4) is 0 Å². The van der Waals surface area contributed by atoms with Gasteiger partial charge in [-0.2, -0.15) is 0 Å². The molecule has 0 atom stereocenters. The summed E-state index contributed by atoms with van der Waals surface area (Å²) in [5.74, 6) is -0.939. The van der Waals surface area contributed by atoms with Gasteiger partial charge in [-0.3, -0.25) is 4.79 Å². The van der Waals surface area contributed by atoms with E-state index >= 15 is 0 Å². The molecule has 0 fully saturated rings. The number of methoxy groups -OCH3 is 1. The minimum absolute atomic E-state index is 0.0415. The fourth-order valence-electron chi connectivity index (χ4n) is 1.72. The van der Waals surface area contributed by atoms with Gasteiger partial charge in [0, 0.05) is 23.4 Å². The second kappa shape index (κ2) is 8.30. The van der Waals surface area contributed by atoms with Gasteiger partial charge in [0.25, 0.3) is 0 Å². The molecule has 2 rings (SSSR count). The molecular formula is C14H14BrN5O3. The third-order valence-electron chi connectivity index (χ3n) is 2.74. The zero-order valence-corrected chi connectivity index (χ0v) is 13.8. The Morgan fingerprint density at radius 1 is 1.35 bits per heavy atom. The summed E-state index contributed by atoms with van der Waals surface area (Å²) in [6, 6.07) is 3.33. The first-order valence-electron chi connectivity index (χ1n) is 6.59. The van der Waals surface area contributed by atoms with Crippen LogP contribution in [-0.4, -0.2) is 40.5 Å². The van der Waals surface area contributed by atoms with Crippen molar-refractivity contribution >= 4 is 33.5 Å². The van der Waals surface area contributed by atoms with E-state index in [1.807, 2.05) is 0 Å². The molecule has 2 aromatic rings. The minimum atomic E-state index is -0.623. The lowest BCUT2D eigenvalue weighted by Gasteiger charge is -2.10. The number of halogens is 1. The van der Waals surface area contributed by atoms with Crippen molar-refractivity contribution in [2.45, 2.75) is 6.54 Å². The summed E-state index contributed by atoms with van der Waals surface area (Å²) in [5, 5.41) is 5.57. The second-order valence-corrected chi connectivity index (χ2v) is 5.31. The van der Waals surface area contributed by atoms with Crippen LogP contribution in [0.15, 0.2) is 35.3 Å². The van der Waals surface area contributed by atoms with Gasteiger partial charge in [0.15, 0.2) is 5.69 Å². The van der Waals surface area contributed by atoms with Gasteiger partial charge >= 0.3 is 5.97 Å². The number of esters is 1. The SMILES string of the molecule is COC(=O)c1ncc(Br)cc1NC(=O)CNCc1ccncn1. The van der Waals surface area contributed by atoms with Gasteiger partial charge in [-0.05, 0) is 28.1 Å². The monoisotopic (exact) mass is 379 g/mol. The largest absolute Gasteiger partial charge is 0.464 e. The lowest BCUT2D eigenvalue weighted by molar-refractivity contribution is -0.115. The van der Waals surface area contributed by atoms with Gasteiger partial charge < -0.3 is 15.4 Å². The summed E-state index contributed by atoms with van der Waals surface area (Å²) >= 11 is 3.24. The maximum atomic E-state index is 12.0. The smallest absolute Gasteiger partial charge is 0.358 e. The van der Waals surface area contributed by atoms with E-state index in [1.54, 1.807) is 18.3 Å². The van der Waals surface area contributed by atoms with Crippen LogP contribution >= 0.6 is 15.9 Å². The van der Waals surface area contributed by atoms with Gasteiger partial charge in [-0.25, -0.2) is 19.7 Å². The number of rotatable bonds is 6. The first kappa shape index (κ1) is 17.0. The quantitative estimate of drug-likeness (QED) is 0.724. The molecule has 0 saturated heterocycles. The predicted molar refractivity (Wildman–Crippen MR) is 85.6 cm³/mol. The molecule has 0 bridgehead atoms. The Kier molecular flexibility index (Phi) is 6.12. The number of nitrogens with zero attached hydrogens (tertiary/aromatic N) is 3. The van der Waals surface area contributed by atoms with Gasteiger partial charge in [-0.15, -0.1) is 0 Å². The Hall–Kier alpha value is -2.39. The van der Waals surface area contributed by atoms with Crippen molar-refractivity contribution in [3.05, 3.63) is 46.7 Å². The van der Waals surface area contributed by atoms with Crippen LogP contribution in [0.2, 0.25) is 0 Å². The highest BCUT2D eigenvalue weighted by Gasteiger charge is 2.16. The Morgan fingerprint density at radius 3 is 2.87 bits per heavy atom. The molecule has 2 aromatic heterocycles. The van der Waals surface area contributed by atoms with Crippen molar-refractivity contribution in [2.75, 3.05) is 19.0 Å². The molecule has 0 aliphatic carbocycles. The molecule has 2 N–H and O–H groups in total. The summed E-state index contributed by atoms with van der Waals surface area (Å²) < 4.78 is 5.27. The van der Waals surface area contributed by atoms with E-state index in [4.69, 9.17) is 0 Å². The first-order valence-corrected chi connectivity index (χ1v) is 7.38. The van der Waals surface area contributed by atoms with Gasteiger partial charge in [-0.1, -0.05) is 0 Å². The Balaban J connectivity index is 1.94. The van der Waals surface area contributed by atoms with Crippen molar-refractivity contribution in [3.63, 3.8) is 0 Å². The lowest BCUT2D eigenvalue weighted by atomic mass is 10.3. The van der Waals surface area contributed by atoms with Crippen molar-refractivity contribution < 1.29 is 14.3 Å². The molecule has 0 unspecified atom stereocenters. The number of carbonyl (C=O) groups is 2. The summed E-state index contributed by atoms with van der Waals surface area (Å²) in [6.45, 7) is 0.480. The molecule has 2 heterocycles. The molecule has 8 nitrogen and oxygen atoms in total. The molecule has 0 aromatic carbocycles. The molecule has 120 valence electrons. The molecule has 0 spiro atoms. The maximum Gasteiger partial charge on any atom is 0.358 e. The zero-order chi connectivity index (χ0) is 16.7. The first-order chi connectivity index (χ1) is 11.1. The maximum absolute atomic E-state index is 12.0. The predicted octanol–water partition coefficient (Wildman–Crippen LogP) is 1.15. The van der Waals surface area contributed by atoms with Crippen LogP contribution in [0.1, 0.15) is 16.2 Å². The number of hydrogen-bond acceptors (Lipinski definition) is 7. The second-order valence-electron chi connectivity index (χ2n) is 4.39. The Labute approximate surface area is 140 Å². The van der Waals surface area contributed by atoms with Gasteiger partial charge in [0.2, 0.25) is 5.91 Å². The van der Waals surface area contributed by atoms with Crippen LogP contribution < -0.4 is 10.6 Å². The standard InChI is InChI=1S/C14H14BrN5O3/c1-23-14(22)13-11(4-9(15)5-18-13)20-12(21)7-17-6-10-2-3-16-8-19-10/h2-5,8,17H,6-7H2,1H3,(H,20,21). The number of amides is 1. The van der Waals surface area contributed by atoms with Gasteiger partial charge in [0.05, 0.1) is 25.0 Å². The van der Waals surface area contributed by atoms with Crippen LogP contribution in [0, 0.1) is 0 Å². The summed E-state index contributed by atoms with van der Waals surface area (Å²) in [6.07, 6.45) is 4.52. The third kappa shape index (κ3) is 5.08. The summed E-state index contributed by atoms with van der Waals surface area (Å²) in [4.78, 5) is 35.4. The number of anilines is 1. The number of carbonyl (C=O) groups excluding carboxylic acids is 2. The van der Waals surface area contributed by atoms with Crippen molar-refractivity contribution in [2.24, 2.45) is 0 Å². The van der Waals surface area contributed by atoms with Crippen molar-refractivity contribution in [1.82, 2.24) is 20.3 Å². The van der Waals surface area contributed by atoms with E-state index in [1.165, 1.54) is 19.6 Å². The fraction of sp³-hybridized carbons (Fsp3) is 0.214. The van der Waals surface area contributed by atoms with E-state index in [9.17, 15) is 9.59 Å². The highest BCUT2D eigenvalue weighted by Crippen LogP contribution is 2.19. The van der Waals surface area contributed by atoms with E-state index in [0.717, 1.165) is 5.69 Å². The highest BCUT2D eigenvalue weighted by molar-refractivity contribution is 9.10. The van der Waals surface area contributed by atoms with E-state index in [2.05, 4.69) is 46.3 Å². The summed E-state index contributed by atoms with van der Waals surface area (Å²) in [5.41, 5.74) is 1.09. The van der Waals surface area contributed by atoms with Gasteiger partial charge in [0.1, 0.15) is 6.33 Å². The average Bonchev–Trinajstić information content (AvgIpc) is 2.55. The molecule has 0 aliphatic rings. The minimum Gasteiger partial charge on any atom is -0.464 e. The van der Waals surface area contributed by atoms with E-state index in [0.29, 0.717) is 11.0 Å². The lowest BCUT2D eigenvalue weighted by Crippen LogP contribution is -2.28. The topological polar surface area (TPSA) is 106 Å². The van der Waals surface area contributed by atoms with Crippen LogP contribution in [0.5, 0.6) is 0 Å². The Bertz CT molecular complexity index is 696. The zero-order valence-electron chi connectivity index (χ0n) is 12.2. The number of pyridine rings is 1. The Morgan fingerprint density at radius 2 is 2.17 bits per heavy atom. The molecule has 0 saturated carbocycles. The van der Waals surface area contributed by atoms with E-state index in [-0.39, 0.29) is 23.8 Å². The number of aromatic nitrogens is 3. The molecular weight excluding hydrogens is 366 g/mol. The van der Waals surface area contributed by atoms with E-state index < -0.39 is 5.97 Å². The summed E-state index contributed by atoms with van der Waals surface area (Å²) in [7, 11) is 1.25. The molecule has 0 radical (unpaired) electrons. The fourth-order valence-corrected chi connectivity index (χ4v) is 2.05. The number of ether oxygens (including phenoxy) is 1. The third-order valence-corrected chi connectivity index (χ3v) is 3.18. The molecule has 0 aliphatic heterocycles. The average molecular weight is 380 g/mol. The molecule has 23 heavy (non-hydrogen) atoms. The highest BCUT2D eigenvalue weighted by atomic mass is 79.9. The van der Waals surface area contributed by atoms with Crippen LogP contribution in [0.4, 0.5) is 5.69 Å². The van der Waals surface area contributed by atoms with Crippen molar-refractivity contribution in [1.29, 1.82) is 0 Å². The normalized spacial score (nSPS) is 10.2. The molecule has 1 amide bonds. The molecule has 9 heteroatoms. The number of hydrogen-bond donors (Lipinski definition) is 2. The van der Waals surface area contributed by atoms with Crippen LogP contribution in [0.25, 0.3) is 0 Å². The van der Waals surface area contributed by atoms with Crippen LogP contribution in [-0.2, 0) is 16.1 Å². The number of nitrogens with one attached hydrogen (secondary N) is 2.